The number of thiophene rings is 1. The van der Waals surface area contributed by atoms with Crippen LogP contribution in [0, 0.1) is 6.92 Å². The summed E-state index contributed by atoms with van der Waals surface area (Å²) in [6.45, 7) is 2.12. The molecule has 2 aromatic rings. The summed E-state index contributed by atoms with van der Waals surface area (Å²) in [4.78, 5) is 1.28. The van der Waals surface area contributed by atoms with Crippen LogP contribution in [0.4, 0.5) is 0 Å². The van der Waals surface area contributed by atoms with Crippen molar-refractivity contribution in [2.24, 2.45) is 5.84 Å². The molecule has 1 heterocycles. The SMILES string of the molecule is Cc1cccc(CCC(Cc2ccc(Cl)s2)NN)c1. The molecule has 0 spiro atoms. The third-order valence-electron chi connectivity index (χ3n) is 3.18. The number of halogens is 1. The van der Waals surface area contributed by atoms with Crippen LogP contribution < -0.4 is 11.3 Å². The van der Waals surface area contributed by atoms with Gasteiger partial charge in [-0.2, -0.15) is 0 Å². The molecule has 0 fully saturated rings. The molecule has 0 saturated heterocycles. The van der Waals surface area contributed by atoms with Crippen molar-refractivity contribution >= 4 is 22.9 Å². The molecule has 0 amide bonds. The van der Waals surface area contributed by atoms with E-state index in [2.05, 4.69) is 42.7 Å². The van der Waals surface area contributed by atoms with Crippen molar-refractivity contribution in [2.45, 2.75) is 32.2 Å². The van der Waals surface area contributed by atoms with E-state index in [0.29, 0.717) is 0 Å². The number of benzene rings is 1. The van der Waals surface area contributed by atoms with E-state index in [4.69, 9.17) is 17.4 Å². The van der Waals surface area contributed by atoms with E-state index < -0.39 is 0 Å². The fourth-order valence-electron chi connectivity index (χ4n) is 2.16. The summed E-state index contributed by atoms with van der Waals surface area (Å²) < 4.78 is 0.837. The van der Waals surface area contributed by atoms with Crippen molar-refractivity contribution in [2.75, 3.05) is 0 Å². The molecule has 3 N–H and O–H groups in total. The van der Waals surface area contributed by atoms with Crippen LogP contribution in [-0.4, -0.2) is 6.04 Å². The van der Waals surface area contributed by atoms with Crippen LogP contribution in [0.25, 0.3) is 0 Å². The van der Waals surface area contributed by atoms with Gasteiger partial charge < -0.3 is 0 Å². The number of hydrogen-bond donors (Lipinski definition) is 2. The van der Waals surface area contributed by atoms with E-state index in [-0.39, 0.29) is 6.04 Å². The zero-order valence-electron chi connectivity index (χ0n) is 11.0. The molecule has 2 nitrogen and oxygen atoms in total. The number of rotatable bonds is 6. The summed E-state index contributed by atoms with van der Waals surface area (Å²) in [5, 5.41) is 0. The lowest BCUT2D eigenvalue weighted by molar-refractivity contribution is 0.494. The minimum absolute atomic E-state index is 0.287. The van der Waals surface area contributed by atoms with E-state index in [1.54, 1.807) is 11.3 Å². The molecule has 0 saturated carbocycles. The lowest BCUT2D eigenvalue weighted by atomic mass is 10.0. The topological polar surface area (TPSA) is 38.0 Å². The van der Waals surface area contributed by atoms with Gasteiger partial charge in [-0.15, -0.1) is 11.3 Å². The van der Waals surface area contributed by atoms with Crippen LogP contribution >= 0.6 is 22.9 Å². The van der Waals surface area contributed by atoms with E-state index in [0.717, 1.165) is 23.6 Å². The highest BCUT2D eigenvalue weighted by Gasteiger charge is 2.09. The van der Waals surface area contributed by atoms with Gasteiger partial charge in [-0.05, 0) is 43.9 Å². The molecule has 102 valence electrons. The van der Waals surface area contributed by atoms with Crippen molar-refractivity contribution in [1.29, 1.82) is 0 Å². The number of hydrazine groups is 1. The van der Waals surface area contributed by atoms with Gasteiger partial charge in [0.15, 0.2) is 0 Å². The minimum Gasteiger partial charge on any atom is -0.271 e. The van der Waals surface area contributed by atoms with Crippen molar-refractivity contribution in [1.82, 2.24) is 5.43 Å². The minimum atomic E-state index is 0.287. The Morgan fingerprint density at radius 1 is 1.32 bits per heavy atom. The second-order valence-electron chi connectivity index (χ2n) is 4.80. The maximum atomic E-state index is 5.94. The molecule has 4 heteroatoms. The summed E-state index contributed by atoms with van der Waals surface area (Å²) >= 11 is 7.57. The van der Waals surface area contributed by atoms with Crippen LogP contribution in [0.5, 0.6) is 0 Å². The Morgan fingerprint density at radius 3 is 2.79 bits per heavy atom. The highest BCUT2D eigenvalue weighted by atomic mass is 35.5. The van der Waals surface area contributed by atoms with E-state index >= 15 is 0 Å². The molecule has 0 radical (unpaired) electrons. The number of nitrogens with one attached hydrogen (secondary N) is 1. The Labute approximate surface area is 123 Å². The van der Waals surface area contributed by atoms with Gasteiger partial charge in [-0.1, -0.05) is 41.4 Å². The normalized spacial score (nSPS) is 12.6. The highest BCUT2D eigenvalue weighted by molar-refractivity contribution is 7.16. The van der Waals surface area contributed by atoms with E-state index in [1.165, 1.54) is 16.0 Å². The van der Waals surface area contributed by atoms with Crippen LogP contribution in [0.2, 0.25) is 4.34 Å². The first-order chi connectivity index (χ1) is 9.17. The zero-order valence-corrected chi connectivity index (χ0v) is 12.6. The predicted molar refractivity (Wildman–Crippen MR) is 83.6 cm³/mol. The maximum Gasteiger partial charge on any atom is 0.0931 e. The Balaban J connectivity index is 1.89. The lowest BCUT2D eigenvalue weighted by Crippen LogP contribution is -2.36. The molecule has 0 aliphatic rings. The van der Waals surface area contributed by atoms with Gasteiger partial charge in [0.25, 0.3) is 0 Å². The van der Waals surface area contributed by atoms with Gasteiger partial charge in [0, 0.05) is 10.9 Å². The maximum absolute atomic E-state index is 5.94. The third-order valence-corrected chi connectivity index (χ3v) is 4.43. The smallest absolute Gasteiger partial charge is 0.0931 e. The van der Waals surface area contributed by atoms with Gasteiger partial charge in [0.05, 0.1) is 4.34 Å². The van der Waals surface area contributed by atoms with E-state index in [1.807, 2.05) is 6.07 Å². The molecule has 1 aromatic heterocycles. The number of aryl methyl sites for hydroxylation is 2. The standard InChI is InChI=1S/C15H19ClN2S/c1-11-3-2-4-12(9-11)5-6-13(18-17)10-14-7-8-15(16)19-14/h2-4,7-9,13,18H,5-6,10,17H2,1H3. The first-order valence-corrected chi connectivity index (χ1v) is 7.62. The summed E-state index contributed by atoms with van der Waals surface area (Å²) in [5.41, 5.74) is 5.58. The molecule has 1 atom stereocenters. The second-order valence-corrected chi connectivity index (χ2v) is 6.60. The summed E-state index contributed by atoms with van der Waals surface area (Å²) in [6.07, 6.45) is 2.99. The monoisotopic (exact) mass is 294 g/mol. The largest absolute Gasteiger partial charge is 0.271 e. The molecular weight excluding hydrogens is 276 g/mol. The fraction of sp³-hybridized carbons (Fsp3) is 0.333. The summed E-state index contributed by atoms with van der Waals surface area (Å²) in [7, 11) is 0. The Hall–Kier alpha value is -0.870. The predicted octanol–water partition coefficient (Wildman–Crippen LogP) is 3.72. The van der Waals surface area contributed by atoms with Crippen molar-refractivity contribution in [3.63, 3.8) is 0 Å². The molecule has 1 aromatic carbocycles. The molecule has 0 aliphatic carbocycles. The van der Waals surface area contributed by atoms with Gasteiger partial charge in [-0.25, -0.2) is 0 Å². The number of nitrogens with two attached hydrogens (primary N) is 1. The van der Waals surface area contributed by atoms with Crippen molar-refractivity contribution in [3.8, 4) is 0 Å². The van der Waals surface area contributed by atoms with Gasteiger partial charge in [-0.3, -0.25) is 11.3 Å². The molecule has 1 unspecified atom stereocenters. The van der Waals surface area contributed by atoms with Crippen LogP contribution in [0.1, 0.15) is 22.4 Å². The van der Waals surface area contributed by atoms with E-state index in [9.17, 15) is 0 Å². The first-order valence-electron chi connectivity index (χ1n) is 6.43. The third kappa shape index (κ3) is 4.62. The van der Waals surface area contributed by atoms with Crippen molar-refractivity contribution in [3.05, 3.63) is 56.7 Å². The summed E-state index contributed by atoms with van der Waals surface area (Å²) in [6, 6.07) is 12.9. The average molecular weight is 295 g/mol. The Kier molecular flexibility index (Phi) is 5.40. The van der Waals surface area contributed by atoms with Crippen molar-refractivity contribution < 1.29 is 0 Å². The molecule has 19 heavy (non-hydrogen) atoms. The quantitative estimate of drug-likeness (QED) is 0.629. The second kappa shape index (κ2) is 7.06. The molecule has 0 bridgehead atoms. The summed E-state index contributed by atoms with van der Waals surface area (Å²) in [5.74, 6) is 5.64. The first kappa shape index (κ1) is 14.5. The zero-order chi connectivity index (χ0) is 13.7. The van der Waals surface area contributed by atoms with Crippen LogP contribution in [0.3, 0.4) is 0 Å². The molecule has 2 rings (SSSR count). The highest BCUT2D eigenvalue weighted by Crippen LogP contribution is 2.23. The van der Waals surface area contributed by atoms with Gasteiger partial charge >= 0.3 is 0 Å². The Bertz CT molecular complexity index is 524. The average Bonchev–Trinajstić information content (AvgIpc) is 2.80. The fourth-order valence-corrected chi connectivity index (χ4v) is 3.32. The van der Waals surface area contributed by atoms with Crippen LogP contribution in [-0.2, 0) is 12.8 Å². The molecule has 0 aliphatic heterocycles. The van der Waals surface area contributed by atoms with Gasteiger partial charge in [0.2, 0.25) is 0 Å². The number of hydrogen-bond acceptors (Lipinski definition) is 3. The van der Waals surface area contributed by atoms with Crippen LogP contribution in [0.15, 0.2) is 36.4 Å². The molecular formula is C15H19ClN2S. The lowest BCUT2D eigenvalue weighted by Gasteiger charge is -2.15. The Morgan fingerprint density at radius 2 is 2.16 bits per heavy atom. The van der Waals surface area contributed by atoms with Gasteiger partial charge in [0.1, 0.15) is 0 Å².